The van der Waals surface area contributed by atoms with Crippen LogP contribution in [0.25, 0.3) is 10.1 Å². The van der Waals surface area contributed by atoms with Crippen molar-refractivity contribution in [2.24, 2.45) is 62.1 Å². The molecule has 0 spiro atoms. The maximum Gasteiger partial charge on any atom is 0.259 e. The van der Waals surface area contributed by atoms with E-state index in [1.807, 2.05) is 0 Å². The molecule has 0 N–H and O–H groups in total. The molecular formula is C69H91BN2S. The van der Waals surface area contributed by atoms with E-state index in [2.05, 4.69) is 218 Å². The topological polar surface area (TPSA) is 6.48 Å². The smallest absolute Gasteiger partial charge is 0.259 e. The van der Waals surface area contributed by atoms with Gasteiger partial charge in [0.2, 0.25) is 0 Å². The number of allylic oxidation sites excluding steroid dienone is 14. The van der Waals surface area contributed by atoms with Crippen LogP contribution in [0.5, 0.6) is 0 Å². The molecule has 386 valence electrons. The lowest BCUT2D eigenvalue weighted by molar-refractivity contribution is 0.0326. The summed E-state index contributed by atoms with van der Waals surface area (Å²) < 4.78 is 3.11. The highest BCUT2D eigenvalue weighted by Crippen LogP contribution is 2.62. The quantitative estimate of drug-likeness (QED) is 0.283. The fourth-order valence-electron chi connectivity index (χ4n) is 16.6. The molecular weight excluding hydrogens is 900 g/mol. The standard InChI is InChI=1S/C69H91BN2S/c1-40-32-58-61-59(33-40)72(56-27-24-45(65(7,8)9)34-49(56)43-20-22-44(23-21-43)64(4,5)6)57-39-54-53(68(14,15)30-31-69(54,16)17)38-55(57)70(61)63-62(50-36-47-41(2)18-19-42(3)48(47)37-60(50)73-63)71(58)46-25-26-51-52(35-46)67(12,13)29-28-66(51,10)11/h20,22-27,33-38,41-43,49,51-52,54,56,58H,18-19,21,28-32,39H2,1-17H3/t41?,42-,43?,49?,51?,52?,54?,56?,58?/m1/s1. The molecule has 0 saturated heterocycles. The highest BCUT2D eigenvalue weighted by atomic mass is 32.1. The molecule has 2 nitrogen and oxygen atoms in total. The van der Waals surface area contributed by atoms with Gasteiger partial charge in [-0.25, -0.2) is 0 Å². The molecule has 8 aliphatic carbocycles. The Morgan fingerprint density at radius 3 is 2.01 bits per heavy atom. The van der Waals surface area contributed by atoms with Crippen LogP contribution in [0, 0.1) is 62.1 Å². The van der Waals surface area contributed by atoms with E-state index >= 15 is 0 Å². The van der Waals surface area contributed by atoms with E-state index in [0.29, 0.717) is 41.4 Å². The maximum absolute atomic E-state index is 3.03. The SMILES string of the molecule is CC1=CC2=C3B(C4=C(CC5C(=C4)C(C)(C)CCC5(C)C)N2C2C=CC(C(C)(C)C)=CC2C2C=CC(C(C)(C)C)=CC2)c2sc4cc5c(cc4c2N(C2=CC4C(C=C2)C(C)(C)CCC4(C)C)C3C1)C(C)CC[C@H]5C. The fraction of sp³-hybridized carbons (Fsp3) is 0.594. The molecule has 8 unspecified atom stereocenters. The minimum Gasteiger partial charge on any atom is -0.339 e. The average molecular weight is 991 g/mol. The average Bonchev–Trinajstić information content (AvgIpc) is 3.69. The molecule has 2 aliphatic heterocycles. The van der Waals surface area contributed by atoms with Crippen molar-refractivity contribution in [3.8, 4) is 0 Å². The zero-order chi connectivity index (χ0) is 51.9. The summed E-state index contributed by atoms with van der Waals surface area (Å²) in [6.07, 6.45) is 40.3. The van der Waals surface area contributed by atoms with Crippen molar-refractivity contribution in [3.63, 3.8) is 0 Å². The van der Waals surface area contributed by atoms with E-state index in [1.54, 1.807) is 38.1 Å². The molecule has 1 aromatic heterocycles. The van der Waals surface area contributed by atoms with Crippen molar-refractivity contribution < 1.29 is 0 Å². The Bertz CT molecular complexity index is 3010. The number of anilines is 1. The van der Waals surface area contributed by atoms with E-state index in [1.165, 1.54) is 82.4 Å². The summed E-state index contributed by atoms with van der Waals surface area (Å²) in [4.78, 5) is 6.01. The molecule has 2 fully saturated rings. The Kier molecular flexibility index (Phi) is 11.4. The van der Waals surface area contributed by atoms with Gasteiger partial charge in [0.1, 0.15) is 0 Å². The van der Waals surface area contributed by atoms with Gasteiger partial charge in [-0.3, -0.25) is 0 Å². The first kappa shape index (κ1) is 50.1. The summed E-state index contributed by atoms with van der Waals surface area (Å²) in [5.41, 5.74) is 19.9. The van der Waals surface area contributed by atoms with E-state index < -0.39 is 0 Å². The zero-order valence-corrected chi connectivity index (χ0v) is 49.3. The molecule has 1 aromatic carbocycles. The maximum atomic E-state index is 3.03. The first-order valence-corrected chi connectivity index (χ1v) is 30.2. The Hall–Kier alpha value is -3.76. The van der Waals surface area contributed by atoms with Gasteiger partial charge in [-0.15, -0.1) is 11.3 Å². The number of benzene rings is 1. The molecule has 3 heterocycles. The Morgan fingerprint density at radius 2 is 1.34 bits per heavy atom. The predicted molar refractivity (Wildman–Crippen MR) is 317 cm³/mol. The van der Waals surface area contributed by atoms with Crippen molar-refractivity contribution in [3.05, 3.63) is 140 Å². The molecule has 73 heavy (non-hydrogen) atoms. The van der Waals surface area contributed by atoms with Crippen LogP contribution < -0.4 is 9.68 Å². The van der Waals surface area contributed by atoms with Crippen LogP contribution in [0.3, 0.4) is 0 Å². The van der Waals surface area contributed by atoms with Gasteiger partial charge in [0.15, 0.2) is 0 Å². The van der Waals surface area contributed by atoms with Gasteiger partial charge in [-0.05, 0) is 190 Å². The third kappa shape index (κ3) is 7.86. The van der Waals surface area contributed by atoms with Crippen LogP contribution in [0.15, 0.2) is 129 Å². The summed E-state index contributed by atoms with van der Waals surface area (Å²) in [7, 11) is 0. The number of rotatable bonds is 3. The molecule has 10 aliphatic rings. The van der Waals surface area contributed by atoms with E-state index in [0.717, 1.165) is 19.3 Å². The molecule has 0 bridgehead atoms. The van der Waals surface area contributed by atoms with Crippen LogP contribution in [-0.4, -0.2) is 23.7 Å². The van der Waals surface area contributed by atoms with E-state index in [-0.39, 0.29) is 51.3 Å². The second-order valence-electron chi connectivity index (χ2n) is 30.5. The summed E-state index contributed by atoms with van der Waals surface area (Å²) in [6, 6.07) is 5.85. The van der Waals surface area contributed by atoms with Crippen molar-refractivity contribution in [2.75, 3.05) is 4.90 Å². The van der Waals surface area contributed by atoms with Gasteiger partial charge in [0.05, 0.1) is 17.8 Å². The van der Waals surface area contributed by atoms with E-state index in [9.17, 15) is 0 Å². The fourth-order valence-corrected chi connectivity index (χ4v) is 17.9. The van der Waals surface area contributed by atoms with Gasteiger partial charge in [-0.1, -0.05) is 177 Å². The first-order chi connectivity index (χ1) is 34.1. The van der Waals surface area contributed by atoms with Crippen molar-refractivity contribution in [1.29, 1.82) is 0 Å². The van der Waals surface area contributed by atoms with E-state index in [4.69, 9.17) is 0 Å². The monoisotopic (exact) mass is 991 g/mol. The second kappa shape index (κ2) is 16.6. The third-order valence-corrected chi connectivity index (χ3v) is 22.9. The molecule has 2 saturated carbocycles. The van der Waals surface area contributed by atoms with Gasteiger partial charge < -0.3 is 9.80 Å². The molecule has 0 radical (unpaired) electrons. The number of hydrogen-bond donors (Lipinski definition) is 0. The highest BCUT2D eigenvalue weighted by molar-refractivity contribution is 7.32. The van der Waals surface area contributed by atoms with Crippen LogP contribution >= 0.6 is 11.3 Å². The van der Waals surface area contributed by atoms with Gasteiger partial charge in [0, 0.05) is 37.9 Å². The lowest BCUT2D eigenvalue weighted by Gasteiger charge is -2.57. The summed E-state index contributed by atoms with van der Waals surface area (Å²) >= 11 is 2.17. The minimum absolute atomic E-state index is 0.0645. The molecule has 0 amide bonds. The van der Waals surface area contributed by atoms with Crippen molar-refractivity contribution in [1.82, 2.24) is 4.90 Å². The van der Waals surface area contributed by atoms with Crippen LogP contribution in [0.1, 0.15) is 198 Å². The number of fused-ring (bicyclic) bond motifs is 8. The normalized spacial score (nSPS) is 33.7. The lowest BCUT2D eigenvalue weighted by atomic mass is 9.32. The first-order valence-electron chi connectivity index (χ1n) is 29.4. The zero-order valence-electron chi connectivity index (χ0n) is 48.4. The predicted octanol–water partition coefficient (Wildman–Crippen LogP) is 18.4. The van der Waals surface area contributed by atoms with Gasteiger partial charge in [-0.2, -0.15) is 0 Å². The summed E-state index contributed by atoms with van der Waals surface area (Å²) in [6.45, 7) is 42.8. The summed E-state index contributed by atoms with van der Waals surface area (Å²) in [5, 5.41) is 1.51. The van der Waals surface area contributed by atoms with Crippen LogP contribution in [-0.2, 0) is 0 Å². The van der Waals surface area contributed by atoms with Crippen LogP contribution in [0.4, 0.5) is 5.69 Å². The molecule has 2 aromatic rings. The number of thiophene rings is 1. The van der Waals surface area contributed by atoms with Crippen LogP contribution in [0.2, 0.25) is 0 Å². The van der Waals surface area contributed by atoms with Crippen molar-refractivity contribution in [2.45, 2.75) is 199 Å². The molecule has 12 rings (SSSR count). The third-order valence-electron chi connectivity index (χ3n) is 21.7. The summed E-state index contributed by atoms with van der Waals surface area (Å²) in [5.74, 6) is 3.46. The van der Waals surface area contributed by atoms with Gasteiger partial charge in [0.25, 0.3) is 6.71 Å². The highest BCUT2D eigenvalue weighted by Gasteiger charge is 2.56. The number of hydrogen-bond acceptors (Lipinski definition) is 3. The lowest BCUT2D eigenvalue weighted by Crippen LogP contribution is -2.59. The largest absolute Gasteiger partial charge is 0.339 e. The number of nitrogens with zero attached hydrogens (tertiary/aromatic N) is 2. The minimum atomic E-state index is 0.0645. The van der Waals surface area contributed by atoms with Gasteiger partial charge >= 0.3 is 0 Å². The Labute approximate surface area is 447 Å². The Morgan fingerprint density at radius 1 is 0.685 bits per heavy atom. The second-order valence-corrected chi connectivity index (χ2v) is 31.6. The molecule has 4 heteroatoms. The Balaban J connectivity index is 1.13. The van der Waals surface area contributed by atoms with Crippen molar-refractivity contribution >= 4 is 38.6 Å². The molecule has 9 atom stereocenters.